The van der Waals surface area contributed by atoms with Gasteiger partial charge in [0, 0.05) is 24.0 Å². The SMILES string of the molecule is C[C@@H]1C[C@@H](C[C@H](N)C(O)C(=O)NC2CC2)C(=O)N1. The molecular weight excluding hydrogens is 234 g/mol. The molecule has 0 bridgehead atoms. The number of aliphatic hydroxyl groups excluding tert-OH is 1. The third kappa shape index (κ3) is 3.20. The molecule has 0 radical (unpaired) electrons. The fourth-order valence-corrected chi connectivity index (χ4v) is 2.32. The summed E-state index contributed by atoms with van der Waals surface area (Å²) < 4.78 is 0. The van der Waals surface area contributed by atoms with Gasteiger partial charge < -0.3 is 21.5 Å². The molecule has 1 saturated carbocycles. The van der Waals surface area contributed by atoms with Crippen LogP contribution in [0.25, 0.3) is 0 Å². The maximum atomic E-state index is 11.6. The molecule has 102 valence electrons. The van der Waals surface area contributed by atoms with Crippen molar-refractivity contribution in [2.75, 3.05) is 0 Å². The van der Waals surface area contributed by atoms with Crippen LogP contribution in [0, 0.1) is 5.92 Å². The Kier molecular flexibility index (Phi) is 3.87. The second-order valence-electron chi connectivity index (χ2n) is 5.47. The number of amides is 2. The van der Waals surface area contributed by atoms with Gasteiger partial charge in [0.15, 0.2) is 0 Å². The van der Waals surface area contributed by atoms with Gasteiger partial charge in [0.25, 0.3) is 5.91 Å². The van der Waals surface area contributed by atoms with Crippen molar-refractivity contribution in [1.82, 2.24) is 10.6 Å². The molecule has 1 heterocycles. The molecule has 6 nitrogen and oxygen atoms in total. The molecule has 2 rings (SSSR count). The summed E-state index contributed by atoms with van der Waals surface area (Å²) in [5.41, 5.74) is 5.81. The fourth-order valence-electron chi connectivity index (χ4n) is 2.32. The predicted molar refractivity (Wildman–Crippen MR) is 65.5 cm³/mol. The van der Waals surface area contributed by atoms with Crippen LogP contribution >= 0.6 is 0 Å². The topological polar surface area (TPSA) is 104 Å². The third-order valence-electron chi connectivity index (χ3n) is 3.55. The van der Waals surface area contributed by atoms with Crippen molar-refractivity contribution >= 4 is 11.8 Å². The molecule has 2 fully saturated rings. The largest absolute Gasteiger partial charge is 0.382 e. The van der Waals surface area contributed by atoms with Gasteiger partial charge in [0.1, 0.15) is 6.10 Å². The van der Waals surface area contributed by atoms with Gasteiger partial charge in [-0.25, -0.2) is 0 Å². The lowest BCUT2D eigenvalue weighted by molar-refractivity contribution is -0.131. The van der Waals surface area contributed by atoms with E-state index in [1.807, 2.05) is 6.92 Å². The molecule has 1 aliphatic carbocycles. The Labute approximate surface area is 106 Å². The molecule has 1 aliphatic heterocycles. The first-order chi connectivity index (χ1) is 8.47. The van der Waals surface area contributed by atoms with E-state index in [0.717, 1.165) is 12.8 Å². The van der Waals surface area contributed by atoms with Crippen LogP contribution in [0.3, 0.4) is 0 Å². The Bertz CT molecular complexity index is 343. The van der Waals surface area contributed by atoms with Crippen molar-refractivity contribution in [2.45, 2.75) is 56.8 Å². The van der Waals surface area contributed by atoms with Gasteiger partial charge in [-0.3, -0.25) is 9.59 Å². The van der Waals surface area contributed by atoms with Gasteiger partial charge in [0.05, 0.1) is 0 Å². The normalized spacial score (nSPS) is 30.7. The number of rotatable bonds is 5. The Morgan fingerprint density at radius 3 is 2.78 bits per heavy atom. The van der Waals surface area contributed by atoms with E-state index in [-0.39, 0.29) is 23.9 Å². The first kappa shape index (κ1) is 13.3. The maximum Gasteiger partial charge on any atom is 0.250 e. The maximum absolute atomic E-state index is 11.6. The van der Waals surface area contributed by atoms with Crippen LogP contribution in [-0.4, -0.2) is 41.2 Å². The van der Waals surface area contributed by atoms with Gasteiger partial charge in [-0.05, 0) is 32.6 Å². The van der Waals surface area contributed by atoms with Gasteiger partial charge in [0.2, 0.25) is 5.91 Å². The highest BCUT2D eigenvalue weighted by atomic mass is 16.3. The van der Waals surface area contributed by atoms with E-state index in [1.54, 1.807) is 0 Å². The van der Waals surface area contributed by atoms with Crippen LogP contribution in [0.15, 0.2) is 0 Å². The standard InChI is InChI=1S/C12H21N3O3/c1-6-4-7(11(17)14-6)5-9(13)10(16)12(18)15-8-2-3-8/h6-10,16H,2-5,13H2,1H3,(H,14,17)(H,15,18)/t6-,7+,9+,10?/m1/s1. The summed E-state index contributed by atoms with van der Waals surface area (Å²) in [7, 11) is 0. The molecule has 5 N–H and O–H groups in total. The average molecular weight is 255 g/mol. The van der Waals surface area contributed by atoms with Crippen LogP contribution in [-0.2, 0) is 9.59 Å². The lowest BCUT2D eigenvalue weighted by Gasteiger charge is -2.20. The summed E-state index contributed by atoms with van der Waals surface area (Å²) in [5.74, 6) is -0.650. The zero-order chi connectivity index (χ0) is 13.3. The molecule has 0 aromatic rings. The first-order valence-electron chi connectivity index (χ1n) is 6.51. The second kappa shape index (κ2) is 5.24. The molecule has 0 aromatic carbocycles. The van der Waals surface area contributed by atoms with Crippen molar-refractivity contribution in [1.29, 1.82) is 0 Å². The van der Waals surface area contributed by atoms with Crippen molar-refractivity contribution in [2.24, 2.45) is 11.7 Å². The minimum absolute atomic E-state index is 0.0345. The van der Waals surface area contributed by atoms with Gasteiger partial charge in [-0.15, -0.1) is 0 Å². The van der Waals surface area contributed by atoms with Crippen molar-refractivity contribution in [3.8, 4) is 0 Å². The highest BCUT2D eigenvalue weighted by Crippen LogP contribution is 2.22. The van der Waals surface area contributed by atoms with Gasteiger partial charge in [-0.2, -0.15) is 0 Å². The van der Waals surface area contributed by atoms with Crippen molar-refractivity contribution < 1.29 is 14.7 Å². The van der Waals surface area contributed by atoms with E-state index in [4.69, 9.17) is 5.73 Å². The highest BCUT2D eigenvalue weighted by molar-refractivity contribution is 5.83. The molecule has 2 amide bonds. The Morgan fingerprint density at radius 2 is 2.28 bits per heavy atom. The summed E-state index contributed by atoms with van der Waals surface area (Å²) in [4.78, 5) is 23.2. The monoisotopic (exact) mass is 255 g/mol. The number of carbonyl (C=O) groups is 2. The van der Waals surface area contributed by atoms with E-state index >= 15 is 0 Å². The molecular formula is C12H21N3O3. The van der Waals surface area contributed by atoms with E-state index in [2.05, 4.69) is 10.6 Å². The lowest BCUT2D eigenvalue weighted by Crippen LogP contribution is -2.48. The van der Waals surface area contributed by atoms with Crippen LogP contribution in [0.1, 0.15) is 32.6 Å². The molecule has 6 heteroatoms. The number of hydrogen-bond donors (Lipinski definition) is 4. The summed E-state index contributed by atoms with van der Waals surface area (Å²) in [5, 5.41) is 15.3. The number of carbonyl (C=O) groups excluding carboxylic acids is 2. The summed E-state index contributed by atoms with van der Waals surface area (Å²) in [6, 6.07) is -0.342. The molecule has 0 spiro atoms. The Balaban J connectivity index is 1.80. The molecule has 4 atom stereocenters. The van der Waals surface area contributed by atoms with Crippen LogP contribution < -0.4 is 16.4 Å². The van der Waals surface area contributed by atoms with E-state index < -0.39 is 18.1 Å². The lowest BCUT2D eigenvalue weighted by atomic mass is 9.94. The molecule has 0 aromatic heterocycles. The van der Waals surface area contributed by atoms with Crippen LogP contribution in [0.2, 0.25) is 0 Å². The smallest absolute Gasteiger partial charge is 0.250 e. The van der Waals surface area contributed by atoms with Crippen molar-refractivity contribution in [3.63, 3.8) is 0 Å². The van der Waals surface area contributed by atoms with E-state index in [9.17, 15) is 14.7 Å². The Morgan fingerprint density at radius 1 is 1.61 bits per heavy atom. The molecule has 1 saturated heterocycles. The molecule has 1 unspecified atom stereocenters. The zero-order valence-corrected chi connectivity index (χ0v) is 10.6. The highest BCUT2D eigenvalue weighted by Gasteiger charge is 2.35. The average Bonchev–Trinajstić information content (AvgIpc) is 3.04. The number of aliphatic hydroxyl groups is 1. The fraction of sp³-hybridized carbons (Fsp3) is 0.833. The summed E-state index contributed by atoms with van der Waals surface area (Å²) >= 11 is 0. The third-order valence-corrected chi connectivity index (χ3v) is 3.55. The first-order valence-corrected chi connectivity index (χ1v) is 6.51. The van der Waals surface area contributed by atoms with E-state index in [0.29, 0.717) is 12.8 Å². The Hall–Kier alpha value is -1.14. The van der Waals surface area contributed by atoms with E-state index in [1.165, 1.54) is 0 Å². The minimum Gasteiger partial charge on any atom is -0.382 e. The number of nitrogens with one attached hydrogen (secondary N) is 2. The predicted octanol–water partition coefficient (Wildman–Crippen LogP) is -1.13. The minimum atomic E-state index is -1.23. The number of hydrogen-bond acceptors (Lipinski definition) is 4. The summed E-state index contributed by atoms with van der Waals surface area (Å²) in [6.45, 7) is 1.93. The molecule has 18 heavy (non-hydrogen) atoms. The zero-order valence-electron chi connectivity index (χ0n) is 10.6. The summed E-state index contributed by atoms with van der Waals surface area (Å²) in [6.07, 6.45) is 1.76. The van der Waals surface area contributed by atoms with Crippen molar-refractivity contribution in [3.05, 3.63) is 0 Å². The van der Waals surface area contributed by atoms with Crippen LogP contribution in [0.5, 0.6) is 0 Å². The van der Waals surface area contributed by atoms with Gasteiger partial charge in [-0.1, -0.05) is 0 Å². The quantitative estimate of drug-likeness (QED) is 0.499. The second-order valence-corrected chi connectivity index (χ2v) is 5.47. The number of nitrogens with two attached hydrogens (primary N) is 1. The molecule has 2 aliphatic rings. The van der Waals surface area contributed by atoms with Gasteiger partial charge >= 0.3 is 0 Å². The van der Waals surface area contributed by atoms with Crippen LogP contribution in [0.4, 0.5) is 0 Å².